The first kappa shape index (κ1) is 70.4. The molecule has 0 aliphatic carbocycles. The van der Waals surface area contributed by atoms with E-state index in [2.05, 4.69) is 63.4 Å². The summed E-state index contributed by atoms with van der Waals surface area (Å²) in [7, 11) is 0. The van der Waals surface area contributed by atoms with Gasteiger partial charge < -0.3 is 93.4 Å². The number of nitrogens with one attached hydrogen (secondary N) is 9. The lowest BCUT2D eigenvalue weighted by Crippen LogP contribution is -2.60. The minimum absolute atomic E-state index is 0.0335. The van der Waals surface area contributed by atoms with Crippen LogP contribution in [0.5, 0.6) is 0 Å². The standard InChI is InChI=1S/C53H89N19O9S/c1-4-15-37(65-32(2)73)45(75)68-40(21-13-27-62-52(58)59)47(77)69-41(22-14-28-63-53(60)61)48(78)71-42(23-29-82-3)50(80)67-39(20-9-12-26-56)49(79)72-43(30-33-31-64-35-17-6-5-16-34(33)35)51(81)70-38(19-8-11-25-55)46(76)66-36(44(57)74)18-7-10-24-54/h1,5-6,16-17,31,36-43,64H,7-15,18-30,54-56H2,2-3H3,(H2,57,74)(H,65,73)(H,66,76)(H,67,80)(H,68,75)(H,69,77)(H,70,81)(H,71,78)(H,72,79)(H4,58,59,62)(H4,60,61,63). The van der Waals surface area contributed by atoms with Gasteiger partial charge in [0.25, 0.3) is 0 Å². The molecule has 1 heterocycles. The van der Waals surface area contributed by atoms with Crippen molar-refractivity contribution in [2.75, 3.05) is 44.7 Å². The number of para-hydroxylation sites is 1. The monoisotopic (exact) mass is 1170 g/mol. The van der Waals surface area contributed by atoms with Crippen molar-refractivity contribution >= 4 is 87.7 Å². The number of guanidine groups is 2. The van der Waals surface area contributed by atoms with Gasteiger partial charge in [0.05, 0.1) is 0 Å². The van der Waals surface area contributed by atoms with Crippen LogP contribution in [0.3, 0.4) is 0 Å². The maximum Gasteiger partial charge on any atom is 0.244 e. The summed E-state index contributed by atoms with van der Waals surface area (Å²) in [6.07, 6.45) is 12.2. The van der Waals surface area contributed by atoms with Gasteiger partial charge in [0.15, 0.2) is 11.9 Å². The Morgan fingerprint density at radius 3 is 1.30 bits per heavy atom. The Morgan fingerprint density at radius 2 is 0.902 bits per heavy atom. The Morgan fingerprint density at radius 1 is 0.524 bits per heavy atom. The van der Waals surface area contributed by atoms with Crippen molar-refractivity contribution in [2.45, 2.75) is 158 Å². The molecule has 29 heteroatoms. The summed E-state index contributed by atoms with van der Waals surface area (Å²) < 4.78 is 0. The highest BCUT2D eigenvalue weighted by molar-refractivity contribution is 7.98. The summed E-state index contributed by atoms with van der Waals surface area (Å²) in [5.41, 5.74) is 46.5. The zero-order chi connectivity index (χ0) is 61.0. The fourth-order valence-corrected chi connectivity index (χ4v) is 9.03. The fourth-order valence-electron chi connectivity index (χ4n) is 8.56. The van der Waals surface area contributed by atoms with Gasteiger partial charge in [-0.05, 0) is 133 Å². The molecule has 82 heavy (non-hydrogen) atoms. The molecule has 1 aromatic carbocycles. The van der Waals surface area contributed by atoms with E-state index in [0.717, 1.165) is 10.9 Å². The number of aromatic nitrogens is 1. The highest BCUT2D eigenvalue weighted by Gasteiger charge is 2.35. The Hall–Kier alpha value is -7.68. The average Bonchev–Trinajstić information content (AvgIpc) is 3.97. The molecule has 456 valence electrons. The number of nitrogens with zero attached hydrogens (tertiary/aromatic N) is 2. The maximum atomic E-state index is 14.7. The summed E-state index contributed by atoms with van der Waals surface area (Å²) in [6.45, 7) is 2.26. The highest BCUT2D eigenvalue weighted by atomic mass is 32.2. The van der Waals surface area contributed by atoms with Crippen molar-refractivity contribution in [2.24, 2.45) is 55.9 Å². The van der Waals surface area contributed by atoms with Gasteiger partial charge in [-0.2, -0.15) is 11.8 Å². The third-order valence-corrected chi connectivity index (χ3v) is 13.6. The number of hydrogen-bond donors (Lipinski definition) is 17. The van der Waals surface area contributed by atoms with Crippen molar-refractivity contribution in [3.05, 3.63) is 36.0 Å². The molecule has 1 aromatic heterocycles. The van der Waals surface area contributed by atoms with Crippen molar-refractivity contribution in [3.8, 4) is 12.3 Å². The molecule has 8 unspecified atom stereocenters. The Labute approximate surface area is 483 Å². The predicted molar refractivity (Wildman–Crippen MR) is 317 cm³/mol. The van der Waals surface area contributed by atoms with Crippen LogP contribution in [0.25, 0.3) is 10.9 Å². The van der Waals surface area contributed by atoms with Gasteiger partial charge in [0, 0.05) is 50.0 Å². The van der Waals surface area contributed by atoms with E-state index >= 15 is 0 Å². The van der Waals surface area contributed by atoms with E-state index in [-0.39, 0.29) is 95.8 Å². The summed E-state index contributed by atoms with van der Waals surface area (Å²) in [5, 5.41) is 22.3. The molecule has 2 rings (SSSR count). The first-order chi connectivity index (χ1) is 39.2. The Bertz CT molecular complexity index is 2480. The number of carbonyl (C=O) groups is 9. The van der Waals surface area contributed by atoms with Crippen LogP contribution in [-0.2, 0) is 49.6 Å². The zero-order valence-corrected chi connectivity index (χ0v) is 48.1. The summed E-state index contributed by atoms with van der Waals surface area (Å²) in [5.74, 6) is -4.40. The van der Waals surface area contributed by atoms with Gasteiger partial charge >= 0.3 is 0 Å². The molecule has 25 N–H and O–H groups in total. The minimum atomic E-state index is -1.35. The van der Waals surface area contributed by atoms with Crippen LogP contribution in [0.2, 0.25) is 0 Å². The van der Waals surface area contributed by atoms with E-state index in [1.54, 1.807) is 12.5 Å². The number of aromatic amines is 1. The van der Waals surface area contributed by atoms with Crippen LogP contribution in [0.4, 0.5) is 0 Å². The lowest BCUT2D eigenvalue weighted by atomic mass is 10.0. The van der Waals surface area contributed by atoms with Crippen molar-refractivity contribution in [1.29, 1.82) is 0 Å². The number of rotatable bonds is 42. The SMILES string of the molecule is C#CCC(NC(C)=O)C(=O)NC(CCCN=C(N)N)C(=O)NC(CCCN=C(N)N)C(=O)NC(CCSC)C(=O)NC(CCCCN)C(=O)NC(Cc1c[nH]c2ccccc12)C(=O)NC(CCCCN)C(=O)NC(CCCCN)C(N)=O. The predicted octanol–water partition coefficient (Wildman–Crippen LogP) is -3.64. The first-order valence-electron chi connectivity index (χ1n) is 27.6. The van der Waals surface area contributed by atoms with E-state index in [1.807, 2.05) is 24.3 Å². The van der Waals surface area contributed by atoms with Gasteiger partial charge in [0.2, 0.25) is 53.2 Å². The zero-order valence-electron chi connectivity index (χ0n) is 47.2. The van der Waals surface area contributed by atoms with Gasteiger partial charge in [0.1, 0.15) is 48.3 Å². The second-order valence-electron chi connectivity index (χ2n) is 19.6. The number of carbonyl (C=O) groups excluding carboxylic acids is 9. The molecular formula is C53H89N19O9S. The van der Waals surface area contributed by atoms with Crippen LogP contribution >= 0.6 is 11.8 Å². The number of terminal acetylenes is 1. The number of benzene rings is 1. The van der Waals surface area contributed by atoms with E-state index in [9.17, 15) is 43.2 Å². The maximum absolute atomic E-state index is 14.7. The number of hydrogen-bond acceptors (Lipinski definition) is 15. The van der Waals surface area contributed by atoms with Crippen molar-refractivity contribution in [1.82, 2.24) is 47.5 Å². The smallest absolute Gasteiger partial charge is 0.244 e. The highest BCUT2D eigenvalue weighted by Crippen LogP contribution is 2.20. The van der Waals surface area contributed by atoms with Crippen molar-refractivity contribution < 1.29 is 43.2 Å². The molecule has 0 fully saturated rings. The van der Waals surface area contributed by atoms with Gasteiger partial charge in [-0.3, -0.25) is 53.1 Å². The molecular weight excluding hydrogens is 1080 g/mol. The molecule has 2 aromatic rings. The van der Waals surface area contributed by atoms with Crippen LogP contribution in [0.1, 0.15) is 109 Å². The molecule has 9 amide bonds. The van der Waals surface area contributed by atoms with E-state index in [0.29, 0.717) is 62.9 Å². The van der Waals surface area contributed by atoms with Crippen LogP contribution in [0, 0.1) is 12.3 Å². The van der Waals surface area contributed by atoms with Gasteiger partial charge in [-0.1, -0.05) is 18.2 Å². The summed E-state index contributed by atoms with van der Waals surface area (Å²) in [6, 6.07) is -2.68. The second kappa shape index (κ2) is 39.7. The molecule has 0 bridgehead atoms. The number of thioether (sulfide) groups is 1. The number of aliphatic imine (C=N–C) groups is 2. The van der Waals surface area contributed by atoms with Crippen molar-refractivity contribution in [3.63, 3.8) is 0 Å². The number of H-pyrrole nitrogens is 1. The topological polar surface area (TPSA) is 499 Å². The second-order valence-corrected chi connectivity index (χ2v) is 20.6. The molecule has 28 nitrogen and oxygen atoms in total. The van der Waals surface area contributed by atoms with E-state index < -0.39 is 101 Å². The number of fused-ring (bicyclic) bond motifs is 1. The third-order valence-electron chi connectivity index (χ3n) is 12.9. The first-order valence-corrected chi connectivity index (χ1v) is 29.0. The van der Waals surface area contributed by atoms with Crippen LogP contribution < -0.4 is 88.4 Å². The lowest BCUT2D eigenvalue weighted by Gasteiger charge is -2.28. The number of primary amides is 1. The quantitative estimate of drug-likeness (QED) is 0.0132. The van der Waals surface area contributed by atoms with E-state index in [4.69, 9.17) is 52.3 Å². The molecule has 0 saturated carbocycles. The Kier molecular flexibility index (Phi) is 34.1. The molecule has 0 radical (unpaired) electrons. The largest absolute Gasteiger partial charge is 0.370 e. The molecule has 0 saturated heterocycles. The third kappa shape index (κ3) is 27.2. The summed E-state index contributed by atoms with van der Waals surface area (Å²) >= 11 is 1.38. The normalized spacial score (nSPS) is 13.9. The average molecular weight is 1170 g/mol. The molecule has 0 aliphatic heterocycles. The van der Waals surface area contributed by atoms with Crippen LogP contribution in [0.15, 0.2) is 40.4 Å². The lowest BCUT2D eigenvalue weighted by molar-refractivity contribution is -0.136. The molecule has 0 aliphatic rings. The fraction of sp³-hybridized carbons (Fsp3) is 0.604. The molecule has 8 atom stereocenters. The van der Waals surface area contributed by atoms with Crippen LogP contribution in [-0.4, -0.2) is 163 Å². The van der Waals surface area contributed by atoms with Gasteiger partial charge in [-0.15, -0.1) is 12.3 Å². The Balaban J connectivity index is 2.59. The number of unbranched alkanes of at least 4 members (excludes halogenated alkanes) is 3. The summed E-state index contributed by atoms with van der Waals surface area (Å²) in [4.78, 5) is 135. The minimum Gasteiger partial charge on any atom is -0.370 e. The van der Waals surface area contributed by atoms with E-state index in [1.165, 1.54) is 18.7 Å². The molecule has 0 spiro atoms. The number of amides is 9. The van der Waals surface area contributed by atoms with Gasteiger partial charge in [-0.25, -0.2) is 0 Å². The number of nitrogens with two attached hydrogens (primary N) is 8.